The molecule has 0 fully saturated rings. The summed E-state index contributed by atoms with van der Waals surface area (Å²) in [6, 6.07) is 16.4. The SMILES string of the molecule is CN(C[C@@H](N)c1ccccc1)c1ccccc1F. The minimum Gasteiger partial charge on any atom is -0.370 e. The Kier molecular flexibility index (Phi) is 3.95. The largest absolute Gasteiger partial charge is 0.370 e. The number of halogens is 1. The van der Waals surface area contributed by atoms with E-state index in [1.807, 2.05) is 48.3 Å². The maximum atomic E-state index is 13.6. The lowest BCUT2D eigenvalue weighted by Crippen LogP contribution is -2.29. The highest BCUT2D eigenvalue weighted by atomic mass is 19.1. The molecule has 0 aliphatic carbocycles. The minimum absolute atomic E-state index is 0.129. The van der Waals surface area contributed by atoms with Crippen LogP contribution in [0.5, 0.6) is 0 Å². The van der Waals surface area contributed by atoms with Gasteiger partial charge in [-0.3, -0.25) is 0 Å². The van der Waals surface area contributed by atoms with Gasteiger partial charge in [0.05, 0.1) is 5.69 Å². The molecular formula is C15H17FN2. The maximum Gasteiger partial charge on any atom is 0.146 e. The number of nitrogens with two attached hydrogens (primary N) is 1. The number of anilines is 1. The molecule has 94 valence electrons. The van der Waals surface area contributed by atoms with Gasteiger partial charge in [-0.25, -0.2) is 4.39 Å². The lowest BCUT2D eigenvalue weighted by molar-refractivity contribution is 0.614. The predicted molar refractivity (Wildman–Crippen MR) is 73.0 cm³/mol. The first-order valence-electron chi connectivity index (χ1n) is 5.94. The van der Waals surface area contributed by atoms with Crippen LogP contribution in [0, 0.1) is 5.82 Å². The van der Waals surface area contributed by atoms with Crippen molar-refractivity contribution in [3.8, 4) is 0 Å². The topological polar surface area (TPSA) is 29.3 Å². The Morgan fingerprint density at radius 3 is 2.33 bits per heavy atom. The Labute approximate surface area is 107 Å². The standard InChI is InChI=1S/C15H17FN2/c1-18(15-10-6-5-9-13(15)16)11-14(17)12-7-3-2-4-8-12/h2-10,14H,11,17H2,1H3/t14-/m1/s1. The Bertz CT molecular complexity index is 499. The van der Waals surface area contributed by atoms with Gasteiger partial charge in [-0.15, -0.1) is 0 Å². The zero-order valence-corrected chi connectivity index (χ0v) is 10.4. The number of hydrogen-bond acceptors (Lipinski definition) is 2. The van der Waals surface area contributed by atoms with E-state index in [9.17, 15) is 4.39 Å². The summed E-state index contributed by atoms with van der Waals surface area (Å²) in [6.07, 6.45) is 0. The average molecular weight is 244 g/mol. The number of hydrogen-bond donors (Lipinski definition) is 1. The molecule has 3 heteroatoms. The van der Waals surface area contributed by atoms with Crippen molar-refractivity contribution in [2.45, 2.75) is 6.04 Å². The van der Waals surface area contributed by atoms with Gasteiger partial charge in [0.2, 0.25) is 0 Å². The molecule has 1 atom stereocenters. The Balaban J connectivity index is 2.08. The van der Waals surface area contributed by atoms with Crippen molar-refractivity contribution in [2.24, 2.45) is 5.73 Å². The Morgan fingerprint density at radius 1 is 1.06 bits per heavy atom. The van der Waals surface area contributed by atoms with Gasteiger partial charge in [-0.05, 0) is 17.7 Å². The highest BCUT2D eigenvalue weighted by Gasteiger charge is 2.11. The molecule has 0 spiro atoms. The van der Waals surface area contributed by atoms with Gasteiger partial charge in [0.1, 0.15) is 5.82 Å². The fourth-order valence-corrected chi connectivity index (χ4v) is 1.96. The van der Waals surface area contributed by atoms with Crippen molar-refractivity contribution in [1.82, 2.24) is 0 Å². The summed E-state index contributed by atoms with van der Waals surface area (Å²) in [5.74, 6) is -0.222. The van der Waals surface area contributed by atoms with Gasteiger partial charge in [0.25, 0.3) is 0 Å². The van der Waals surface area contributed by atoms with Crippen molar-refractivity contribution in [2.75, 3.05) is 18.5 Å². The van der Waals surface area contributed by atoms with Crippen LogP contribution < -0.4 is 10.6 Å². The molecule has 0 bridgehead atoms. The zero-order chi connectivity index (χ0) is 13.0. The fraction of sp³-hybridized carbons (Fsp3) is 0.200. The highest BCUT2D eigenvalue weighted by molar-refractivity contribution is 5.47. The predicted octanol–water partition coefficient (Wildman–Crippen LogP) is 2.96. The first-order chi connectivity index (χ1) is 8.68. The van der Waals surface area contributed by atoms with Crippen LogP contribution in [0.4, 0.5) is 10.1 Å². The monoisotopic (exact) mass is 244 g/mol. The molecule has 2 nitrogen and oxygen atoms in total. The molecule has 0 aliphatic rings. The summed E-state index contributed by atoms with van der Waals surface area (Å²) in [5, 5.41) is 0. The summed E-state index contributed by atoms with van der Waals surface area (Å²) < 4.78 is 13.6. The van der Waals surface area contributed by atoms with Crippen LogP contribution in [0.3, 0.4) is 0 Å². The van der Waals surface area contributed by atoms with E-state index in [0.29, 0.717) is 12.2 Å². The van der Waals surface area contributed by atoms with E-state index in [4.69, 9.17) is 5.73 Å². The van der Waals surface area contributed by atoms with E-state index in [0.717, 1.165) is 5.56 Å². The van der Waals surface area contributed by atoms with Gasteiger partial charge in [0, 0.05) is 19.6 Å². The summed E-state index contributed by atoms with van der Waals surface area (Å²) in [4.78, 5) is 1.84. The van der Waals surface area contributed by atoms with Crippen molar-refractivity contribution < 1.29 is 4.39 Å². The first-order valence-corrected chi connectivity index (χ1v) is 5.94. The second-order valence-electron chi connectivity index (χ2n) is 4.35. The van der Waals surface area contributed by atoms with Gasteiger partial charge in [-0.1, -0.05) is 42.5 Å². The molecule has 0 heterocycles. The van der Waals surface area contributed by atoms with Gasteiger partial charge in [0.15, 0.2) is 0 Å². The van der Waals surface area contributed by atoms with E-state index in [1.54, 1.807) is 12.1 Å². The number of rotatable bonds is 4. The van der Waals surface area contributed by atoms with Crippen molar-refractivity contribution in [3.63, 3.8) is 0 Å². The van der Waals surface area contributed by atoms with Gasteiger partial charge in [-0.2, -0.15) is 0 Å². The second kappa shape index (κ2) is 5.65. The van der Waals surface area contributed by atoms with Gasteiger partial charge < -0.3 is 10.6 Å². The van der Waals surface area contributed by atoms with Crippen molar-refractivity contribution in [3.05, 3.63) is 66.0 Å². The second-order valence-corrected chi connectivity index (χ2v) is 4.35. The summed E-state index contributed by atoms with van der Waals surface area (Å²) in [5.41, 5.74) is 7.75. The van der Waals surface area contributed by atoms with Gasteiger partial charge >= 0.3 is 0 Å². The molecule has 2 N–H and O–H groups in total. The number of para-hydroxylation sites is 1. The van der Waals surface area contributed by atoms with E-state index < -0.39 is 0 Å². The molecule has 0 saturated heterocycles. The van der Waals surface area contributed by atoms with Crippen LogP contribution in [0.25, 0.3) is 0 Å². The van der Waals surface area contributed by atoms with Crippen LogP contribution in [0.2, 0.25) is 0 Å². The number of nitrogens with zero attached hydrogens (tertiary/aromatic N) is 1. The molecule has 0 saturated carbocycles. The van der Waals surface area contributed by atoms with E-state index in [1.165, 1.54) is 6.07 Å². The third-order valence-electron chi connectivity index (χ3n) is 2.96. The van der Waals surface area contributed by atoms with E-state index in [2.05, 4.69) is 0 Å². The summed E-state index contributed by atoms with van der Waals surface area (Å²) >= 11 is 0. The molecule has 2 aromatic rings. The van der Waals surface area contributed by atoms with Crippen LogP contribution in [0.1, 0.15) is 11.6 Å². The lowest BCUT2D eigenvalue weighted by atomic mass is 10.1. The zero-order valence-electron chi connectivity index (χ0n) is 10.4. The van der Waals surface area contributed by atoms with E-state index >= 15 is 0 Å². The van der Waals surface area contributed by atoms with Crippen molar-refractivity contribution in [1.29, 1.82) is 0 Å². The highest BCUT2D eigenvalue weighted by Crippen LogP contribution is 2.19. The number of likely N-dealkylation sites (N-methyl/N-ethyl adjacent to an activating group) is 1. The van der Waals surface area contributed by atoms with Crippen molar-refractivity contribution >= 4 is 5.69 Å². The molecule has 0 aliphatic heterocycles. The average Bonchev–Trinajstić information content (AvgIpc) is 2.40. The third-order valence-corrected chi connectivity index (χ3v) is 2.96. The molecule has 18 heavy (non-hydrogen) atoms. The molecule has 0 amide bonds. The molecule has 0 aromatic heterocycles. The van der Waals surface area contributed by atoms with Crippen LogP contribution in [-0.4, -0.2) is 13.6 Å². The third kappa shape index (κ3) is 2.87. The molecule has 2 aromatic carbocycles. The summed E-state index contributed by atoms with van der Waals surface area (Å²) in [7, 11) is 1.85. The quantitative estimate of drug-likeness (QED) is 0.896. The Hall–Kier alpha value is -1.87. The maximum absolute atomic E-state index is 13.6. The normalized spacial score (nSPS) is 12.2. The molecule has 0 radical (unpaired) electrons. The number of benzene rings is 2. The fourth-order valence-electron chi connectivity index (χ4n) is 1.96. The molecular weight excluding hydrogens is 227 g/mol. The molecule has 0 unspecified atom stereocenters. The van der Waals surface area contributed by atoms with Crippen LogP contribution >= 0.6 is 0 Å². The molecule has 2 rings (SSSR count). The smallest absolute Gasteiger partial charge is 0.146 e. The lowest BCUT2D eigenvalue weighted by Gasteiger charge is -2.24. The summed E-state index contributed by atoms with van der Waals surface area (Å²) in [6.45, 7) is 0.574. The van der Waals surface area contributed by atoms with Crippen LogP contribution in [0.15, 0.2) is 54.6 Å². The Morgan fingerprint density at radius 2 is 1.67 bits per heavy atom. The first kappa shape index (κ1) is 12.6. The van der Waals surface area contributed by atoms with Crippen LogP contribution in [-0.2, 0) is 0 Å². The van der Waals surface area contributed by atoms with E-state index in [-0.39, 0.29) is 11.9 Å². The minimum atomic E-state index is -0.222.